The normalized spacial score (nSPS) is 19.0. The Labute approximate surface area is 228 Å². The molecular formula is C32H33FN4O2. The van der Waals surface area contributed by atoms with Crippen molar-refractivity contribution in [1.29, 1.82) is 0 Å². The first-order valence-corrected chi connectivity index (χ1v) is 13.5. The number of likely N-dealkylation sites (tertiary alicyclic amines) is 2. The molecule has 0 radical (unpaired) electrons. The quantitative estimate of drug-likeness (QED) is 0.298. The zero-order valence-corrected chi connectivity index (χ0v) is 22.5. The van der Waals surface area contributed by atoms with Crippen molar-refractivity contribution >= 4 is 6.09 Å². The van der Waals surface area contributed by atoms with Crippen molar-refractivity contribution in [3.63, 3.8) is 0 Å². The van der Waals surface area contributed by atoms with Gasteiger partial charge in [0.05, 0.1) is 17.6 Å². The number of fused-ring (bicyclic) bond motifs is 2. The fraction of sp³-hybridized carbons (Fsp3) is 0.312. The van der Waals surface area contributed by atoms with Crippen LogP contribution in [0.3, 0.4) is 0 Å². The number of hydrogen-bond acceptors (Lipinski definition) is 4. The Balaban J connectivity index is 1.27. The van der Waals surface area contributed by atoms with Crippen molar-refractivity contribution < 1.29 is 13.9 Å². The highest BCUT2D eigenvalue weighted by atomic mass is 19.1. The molecule has 2 fully saturated rings. The van der Waals surface area contributed by atoms with Gasteiger partial charge in [0.25, 0.3) is 0 Å². The second kappa shape index (κ2) is 9.97. The number of ether oxygens (including phenoxy) is 1. The third-order valence-corrected chi connectivity index (χ3v) is 7.55. The highest BCUT2D eigenvalue weighted by Crippen LogP contribution is 2.36. The van der Waals surface area contributed by atoms with Crippen LogP contribution in [0.15, 0.2) is 85.1 Å². The molecule has 6 nitrogen and oxygen atoms in total. The third-order valence-electron chi connectivity index (χ3n) is 7.55. The molecule has 2 bridgehead atoms. The van der Waals surface area contributed by atoms with E-state index in [0.717, 1.165) is 41.0 Å². The van der Waals surface area contributed by atoms with Crippen LogP contribution in [-0.4, -0.2) is 56.4 Å². The molecule has 1 amide bonds. The van der Waals surface area contributed by atoms with Gasteiger partial charge in [-0.05, 0) is 62.6 Å². The maximum absolute atomic E-state index is 15.1. The lowest BCUT2D eigenvalue weighted by molar-refractivity contribution is 0.0124. The van der Waals surface area contributed by atoms with Crippen LogP contribution < -0.4 is 0 Å². The molecular weight excluding hydrogens is 491 g/mol. The predicted octanol–water partition coefficient (Wildman–Crippen LogP) is 6.54. The number of piperazine rings is 1. The van der Waals surface area contributed by atoms with E-state index in [1.807, 2.05) is 79.0 Å². The molecule has 3 heterocycles. The van der Waals surface area contributed by atoms with Crippen LogP contribution in [0.4, 0.5) is 9.18 Å². The van der Waals surface area contributed by atoms with Gasteiger partial charge >= 0.3 is 6.09 Å². The van der Waals surface area contributed by atoms with E-state index in [0.29, 0.717) is 18.7 Å². The number of aromatic nitrogens is 2. The SMILES string of the molecule is CC(C)(C)OC(=O)N1CC2CC1CN2Cc1cnn(-c2ccc(-c3ccccc3)cc2)c1-c1ccccc1F. The second-order valence-corrected chi connectivity index (χ2v) is 11.4. The standard InChI is InChI=1S/C32H33FN4O2/c1-32(2,3)39-31(38)36-21-26-17-27(36)20-35(26)19-24-18-34-37(30(24)28-11-7-8-12-29(28)33)25-15-13-23(14-16-25)22-9-5-4-6-10-22/h4-16,18,26-27H,17,19-21H2,1-3H3. The Morgan fingerprint density at radius 1 is 0.923 bits per heavy atom. The van der Waals surface area contributed by atoms with Gasteiger partial charge < -0.3 is 9.64 Å². The third kappa shape index (κ3) is 5.06. The summed E-state index contributed by atoms with van der Waals surface area (Å²) in [5.41, 5.74) is 4.86. The number of hydrogen-bond donors (Lipinski definition) is 0. The summed E-state index contributed by atoms with van der Waals surface area (Å²) in [5, 5.41) is 4.73. The molecule has 39 heavy (non-hydrogen) atoms. The fourth-order valence-corrected chi connectivity index (χ4v) is 5.77. The Kier molecular flexibility index (Phi) is 6.47. The molecule has 2 saturated heterocycles. The molecule has 2 aliphatic rings. The first-order chi connectivity index (χ1) is 18.8. The molecule has 2 unspecified atom stereocenters. The number of rotatable bonds is 5. The fourth-order valence-electron chi connectivity index (χ4n) is 5.77. The Morgan fingerprint density at radius 2 is 1.62 bits per heavy atom. The molecule has 6 rings (SSSR count). The van der Waals surface area contributed by atoms with Crippen LogP contribution in [0, 0.1) is 5.82 Å². The minimum atomic E-state index is -0.513. The van der Waals surface area contributed by atoms with Gasteiger partial charge in [0, 0.05) is 42.8 Å². The van der Waals surface area contributed by atoms with E-state index in [9.17, 15) is 4.79 Å². The van der Waals surface area contributed by atoms with E-state index >= 15 is 4.39 Å². The number of amides is 1. The number of benzene rings is 3. The number of nitrogens with zero attached hydrogens (tertiary/aromatic N) is 4. The minimum absolute atomic E-state index is 0.127. The van der Waals surface area contributed by atoms with Gasteiger partial charge in [-0.3, -0.25) is 4.90 Å². The van der Waals surface area contributed by atoms with E-state index in [1.54, 1.807) is 6.07 Å². The summed E-state index contributed by atoms with van der Waals surface area (Å²) in [4.78, 5) is 16.9. The summed E-state index contributed by atoms with van der Waals surface area (Å²) in [7, 11) is 0. The number of carbonyl (C=O) groups is 1. The molecule has 4 aromatic rings. The molecule has 0 saturated carbocycles. The number of halogens is 1. The largest absolute Gasteiger partial charge is 0.444 e. The average molecular weight is 525 g/mol. The second-order valence-electron chi connectivity index (χ2n) is 11.4. The van der Waals surface area contributed by atoms with Gasteiger partial charge in [0.1, 0.15) is 11.4 Å². The molecule has 0 aliphatic carbocycles. The summed E-state index contributed by atoms with van der Waals surface area (Å²) in [5.74, 6) is -0.277. The van der Waals surface area contributed by atoms with E-state index in [2.05, 4.69) is 29.2 Å². The van der Waals surface area contributed by atoms with E-state index in [-0.39, 0.29) is 24.0 Å². The lowest BCUT2D eigenvalue weighted by Crippen LogP contribution is -2.49. The summed E-state index contributed by atoms with van der Waals surface area (Å²) in [6, 6.07) is 25.7. The molecule has 0 spiro atoms. The van der Waals surface area contributed by atoms with Crippen LogP contribution in [-0.2, 0) is 11.3 Å². The lowest BCUT2D eigenvalue weighted by atomic mass is 10.0. The first-order valence-electron chi connectivity index (χ1n) is 13.5. The minimum Gasteiger partial charge on any atom is -0.444 e. The highest BCUT2D eigenvalue weighted by molar-refractivity contribution is 5.70. The van der Waals surface area contributed by atoms with Gasteiger partial charge in [0.15, 0.2) is 0 Å². The summed E-state index contributed by atoms with van der Waals surface area (Å²) < 4.78 is 22.6. The predicted molar refractivity (Wildman–Crippen MR) is 150 cm³/mol. The van der Waals surface area contributed by atoms with Crippen molar-refractivity contribution in [2.24, 2.45) is 0 Å². The summed E-state index contributed by atoms with van der Waals surface area (Å²) >= 11 is 0. The Bertz CT molecular complexity index is 1480. The van der Waals surface area contributed by atoms with Crippen molar-refractivity contribution in [2.75, 3.05) is 13.1 Å². The van der Waals surface area contributed by atoms with Gasteiger partial charge in [-0.15, -0.1) is 0 Å². The molecule has 2 atom stereocenters. The first kappa shape index (κ1) is 25.3. The zero-order valence-electron chi connectivity index (χ0n) is 22.5. The molecule has 3 aromatic carbocycles. The van der Waals surface area contributed by atoms with Gasteiger partial charge in [0.2, 0.25) is 0 Å². The average Bonchev–Trinajstić information content (AvgIpc) is 3.64. The lowest BCUT2D eigenvalue weighted by Gasteiger charge is -2.35. The molecule has 7 heteroatoms. The van der Waals surface area contributed by atoms with Crippen LogP contribution in [0.2, 0.25) is 0 Å². The smallest absolute Gasteiger partial charge is 0.410 e. The molecule has 2 aliphatic heterocycles. The van der Waals surface area contributed by atoms with Crippen LogP contribution in [0.25, 0.3) is 28.1 Å². The number of carbonyl (C=O) groups excluding carboxylic acids is 1. The van der Waals surface area contributed by atoms with E-state index in [4.69, 9.17) is 9.84 Å². The van der Waals surface area contributed by atoms with E-state index < -0.39 is 5.60 Å². The summed E-state index contributed by atoms with van der Waals surface area (Å²) in [6.07, 6.45) is 2.53. The topological polar surface area (TPSA) is 50.6 Å². The molecule has 200 valence electrons. The summed E-state index contributed by atoms with van der Waals surface area (Å²) in [6.45, 7) is 7.71. The van der Waals surface area contributed by atoms with E-state index in [1.165, 1.54) is 6.07 Å². The van der Waals surface area contributed by atoms with Crippen LogP contribution in [0.1, 0.15) is 32.8 Å². The van der Waals surface area contributed by atoms with Crippen molar-refractivity contribution in [3.05, 3.63) is 96.4 Å². The Hall–Kier alpha value is -3.97. The maximum atomic E-state index is 15.1. The van der Waals surface area contributed by atoms with Crippen LogP contribution >= 0.6 is 0 Å². The van der Waals surface area contributed by atoms with Gasteiger partial charge in [-0.2, -0.15) is 5.10 Å². The van der Waals surface area contributed by atoms with Crippen LogP contribution in [0.5, 0.6) is 0 Å². The van der Waals surface area contributed by atoms with Crippen molar-refractivity contribution in [1.82, 2.24) is 19.6 Å². The Morgan fingerprint density at radius 3 is 2.28 bits per heavy atom. The van der Waals surface area contributed by atoms with Crippen molar-refractivity contribution in [2.45, 2.75) is 51.4 Å². The maximum Gasteiger partial charge on any atom is 0.410 e. The zero-order chi connectivity index (χ0) is 27.1. The van der Waals surface area contributed by atoms with Gasteiger partial charge in [-0.25, -0.2) is 13.9 Å². The molecule has 1 aromatic heterocycles. The van der Waals surface area contributed by atoms with Gasteiger partial charge in [-0.1, -0.05) is 54.6 Å². The monoisotopic (exact) mass is 524 g/mol. The molecule has 0 N–H and O–H groups in total. The highest BCUT2D eigenvalue weighted by Gasteiger charge is 2.46. The van der Waals surface area contributed by atoms with Crippen molar-refractivity contribution in [3.8, 4) is 28.1 Å².